The second-order valence-corrected chi connectivity index (χ2v) is 8.12. The van der Waals surface area contributed by atoms with E-state index in [4.69, 9.17) is 15.9 Å². The molecule has 0 bridgehead atoms. The molecule has 0 heterocycles. The van der Waals surface area contributed by atoms with Crippen molar-refractivity contribution in [3.8, 4) is 0 Å². The second kappa shape index (κ2) is 16.7. The van der Waals surface area contributed by atoms with Gasteiger partial charge in [-0.25, -0.2) is 0 Å². The van der Waals surface area contributed by atoms with E-state index in [-0.39, 0.29) is 50.0 Å². The number of aliphatic hydroxyl groups is 10. The summed E-state index contributed by atoms with van der Waals surface area (Å²) < 4.78 is 0. The number of rotatable bonds is 13. The molecular weight excluding hydrogens is 475 g/mol. The van der Waals surface area contributed by atoms with E-state index >= 15 is 0 Å². The van der Waals surface area contributed by atoms with Gasteiger partial charge >= 0.3 is 0 Å². The Hall–Kier alpha value is 0.100. The van der Waals surface area contributed by atoms with Crippen molar-refractivity contribution in [2.24, 2.45) is 5.73 Å². The highest BCUT2D eigenvalue weighted by atomic mass is 35.5. The molecule has 1 saturated carbocycles. The molecule has 0 aromatic rings. The van der Waals surface area contributed by atoms with Crippen LogP contribution in [0.2, 0.25) is 0 Å². The van der Waals surface area contributed by atoms with E-state index < -0.39 is 62.0 Å². The van der Waals surface area contributed by atoms with E-state index in [9.17, 15) is 40.9 Å². The molecule has 32 heavy (non-hydrogen) atoms. The van der Waals surface area contributed by atoms with Crippen LogP contribution in [-0.2, 0) is 0 Å². The lowest BCUT2D eigenvalue weighted by atomic mass is 9.89. The van der Waals surface area contributed by atoms with Crippen molar-refractivity contribution in [2.45, 2.75) is 86.6 Å². The molecule has 0 radical (unpaired) electrons. The first kappa shape index (κ1) is 34.3. The summed E-state index contributed by atoms with van der Waals surface area (Å²) in [6, 6.07) is -0.175. The molecule has 0 aromatic heterocycles. The zero-order valence-corrected chi connectivity index (χ0v) is 19.4. The molecule has 8 atom stereocenters. The first-order valence-electron chi connectivity index (χ1n) is 10.2. The highest BCUT2D eigenvalue weighted by molar-refractivity contribution is 5.85. The Labute approximate surface area is 199 Å². The molecule has 1 aliphatic rings. The van der Waals surface area contributed by atoms with E-state index in [0.29, 0.717) is 25.7 Å². The largest absolute Gasteiger partial charge is 0.394 e. The summed E-state index contributed by atoms with van der Waals surface area (Å²) >= 11 is 0. The number of halogens is 2. The summed E-state index contributed by atoms with van der Waals surface area (Å²) in [5.41, 5.74) is 5.91. The monoisotopic (exact) mass is 514 g/mol. The topological polar surface area (TPSA) is 232 Å². The smallest absolute Gasteiger partial charge is 0.111 e. The van der Waals surface area contributed by atoms with Crippen molar-refractivity contribution >= 4 is 24.8 Å². The van der Waals surface area contributed by atoms with Gasteiger partial charge in [0.05, 0.1) is 25.4 Å². The van der Waals surface area contributed by atoms with E-state index in [2.05, 4.69) is 0 Å². The Bertz CT molecular complexity index is 449. The number of hydrogen-bond donors (Lipinski definition) is 11. The van der Waals surface area contributed by atoms with Gasteiger partial charge in [-0.2, -0.15) is 0 Å². The molecule has 0 unspecified atom stereocenters. The molecule has 1 fully saturated rings. The van der Waals surface area contributed by atoms with Crippen LogP contribution < -0.4 is 5.73 Å². The molecule has 0 spiro atoms. The summed E-state index contributed by atoms with van der Waals surface area (Å²) in [6.07, 6.45) is -11.0. The third-order valence-corrected chi connectivity index (χ3v) is 5.75. The molecule has 14 heteroatoms. The first-order valence-corrected chi connectivity index (χ1v) is 10.2. The minimum Gasteiger partial charge on any atom is -0.394 e. The zero-order chi connectivity index (χ0) is 23.0. The van der Waals surface area contributed by atoms with Crippen molar-refractivity contribution in [3.05, 3.63) is 0 Å². The molecule has 12 nitrogen and oxygen atoms in total. The molecule has 1 aliphatic carbocycles. The molecular formula is C18H40Cl2N2O10. The fourth-order valence-corrected chi connectivity index (χ4v) is 3.66. The Morgan fingerprint density at radius 3 is 1.22 bits per heavy atom. The number of aliphatic hydroxyl groups excluding tert-OH is 10. The summed E-state index contributed by atoms with van der Waals surface area (Å²) in [5.74, 6) is 0. The van der Waals surface area contributed by atoms with Gasteiger partial charge in [0.1, 0.15) is 36.6 Å². The predicted octanol–water partition coefficient (Wildman–Crippen LogP) is -4.73. The molecule has 12 N–H and O–H groups in total. The van der Waals surface area contributed by atoms with Gasteiger partial charge in [0.25, 0.3) is 0 Å². The lowest BCUT2D eigenvalue weighted by Crippen LogP contribution is -2.55. The van der Waals surface area contributed by atoms with Gasteiger partial charge in [-0.3, -0.25) is 4.90 Å². The standard InChI is InChI=1S/C18H38N2O10.2ClH/c19-9-1-3-10(4-2-9)20(5-11(23)15(27)17(29)13(25)7-21)6-12(24)16(28)18(30)14(26)8-22;;/h9-18,21-30H,1-8,19H2;2*1H/t9-,10-,11-,12-,13-,14+,15+,16+,17+,18+;;/m0../s1. The normalized spacial score (nSPS) is 26.6. The van der Waals surface area contributed by atoms with E-state index in [1.807, 2.05) is 0 Å². The molecule has 1 rings (SSSR count). The van der Waals surface area contributed by atoms with Gasteiger partial charge in [-0.15, -0.1) is 24.8 Å². The van der Waals surface area contributed by atoms with Crippen molar-refractivity contribution in [1.82, 2.24) is 4.90 Å². The van der Waals surface area contributed by atoms with Crippen LogP contribution in [0, 0.1) is 0 Å². The van der Waals surface area contributed by atoms with Gasteiger partial charge in [0.2, 0.25) is 0 Å². The van der Waals surface area contributed by atoms with Crippen LogP contribution in [-0.4, -0.2) is 143 Å². The van der Waals surface area contributed by atoms with Crippen LogP contribution in [0.3, 0.4) is 0 Å². The zero-order valence-electron chi connectivity index (χ0n) is 17.7. The maximum absolute atomic E-state index is 10.3. The van der Waals surface area contributed by atoms with E-state index in [1.54, 1.807) is 4.90 Å². The SMILES string of the molecule is Cl.Cl.N[C@H]1CC[C@H](N(C[C@H](O)[C@@H](O)[C@H](O)[C@H](O)CO)C[C@H](O)[C@@H](O)[C@H](O)[C@@H](O)CO)CC1. The van der Waals surface area contributed by atoms with Crippen molar-refractivity contribution in [3.63, 3.8) is 0 Å². The van der Waals surface area contributed by atoms with Crippen LogP contribution in [0.25, 0.3) is 0 Å². The first-order chi connectivity index (χ1) is 14.0. The van der Waals surface area contributed by atoms with E-state index in [0.717, 1.165) is 0 Å². The maximum Gasteiger partial charge on any atom is 0.111 e. The molecule has 0 aromatic carbocycles. The summed E-state index contributed by atoms with van der Waals surface area (Å²) in [5, 5.41) is 97.2. The Morgan fingerprint density at radius 1 is 0.594 bits per heavy atom. The van der Waals surface area contributed by atoms with Gasteiger partial charge in [-0.1, -0.05) is 0 Å². The quantitative estimate of drug-likeness (QED) is 0.111. The minimum atomic E-state index is -1.80. The van der Waals surface area contributed by atoms with Crippen LogP contribution >= 0.6 is 24.8 Å². The van der Waals surface area contributed by atoms with Crippen molar-refractivity contribution in [2.75, 3.05) is 26.3 Å². The summed E-state index contributed by atoms with van der Waals surface area (Å²) in [6.45, 7) is -2.13. The third kappa shape index (κ3) is 10.2. The Balaban J connectivity index is 0. The molecule has 196 valence electrons. The van der Waals surface area contributed by atoms with Gasteiger partial charge < -0.3 is 56.8 Å². The van der Waals surface area contributed by atoms with Crippen LogP contribution in [0.5, 0.6) is 0 Å². The lowest BCUT2D eigenvalue weighted by molar-refractivity contribution is -0.134. The third-order valence-electron chi connectivity index (χ3n) is 5.75. The maximum atomic E-state index is 10.3. The second-order valence-electron chi connectivity index (χ2n) is 8.12. The molecule has 0 saturated heterocycles. The lowest BCUT2D eigenvalue weighted by Gasteiger charge is -2.40. The molecule has 0 amide bonds. The highest BCUT2D eigenvalue weighted by Crippen LogP contribution is 2.24. The predicted molar refractivity (Wildman–Crippen MR) is 119 cm³/mol. The van der Waals surface area contributed by atoms with Gasteiger partial charge in [0.15, 0.2) is 0 Å². The summed E-state index contributed by atoms with van der Waals surface area (Å²) in [7, 11) is 0. The Morgan fingerprint density at radius 2 is 0.906 bits per heavy atom. The average Bonchev–Trinajstić information content (AvgIpc) is 2.75. The van der Waals surface area contributed by atoms with Crippen molar-refractivity contribution in [1.29, 1.82) is 0 Å². The average molecular weight is 515 g/mol. The van der Waals surface area contributed by atoms with Gasteiger partial charge in [-0.05, 0) is 25.7 Å². The number of nitrogens with two attached hydrogens (primary N) is 1. The van der Waals surface area contributed by atoms with Crippen LogP contribution in [0.1, 0.15) is 25.7 Å². The van der Waals surface area contributed by atoms with Crippen LogP contribution in [0.4, 0.5) is 0 Å². The van der Waals surface area contributed by atoms with E-state index in [1.165, 1.54) is 0 Å². The number of nitrogens with zero attached hydrogens (tertiary/aromatic N) is 1. The van der Waals surface area contributed by atoms with Gasteiger partial charge in [0, 0.05) is 25.2 Å². The minimum absolute atomic E-state index is 0. The molecule has 0 aliphatic heterocycles. The summed E-state index contributed by atoms with van der Waals surface area (Å²) in [4.78, 5) is 1.57. The fraction of sp³-hybridized carbons (Fsp3) is 1.00. The number of hydrogen-bond acceptors (Lipinski definition) is 12. The Kier molecular flexibility index (Phi) is 17.9. The van der Waals surface area contributed by atoms with Crippen molar-refractivity contribution < 1.29 is 51.1 Å². The van der Waals surface area contributed by atoms with Crippen LogP contribution in [0.15, 0.2) is 0 Å². The fourth-order valence-electron chi connectivity index (χ4n) is 3.66. The highest BCUT2D eigenvalue weighted by Gasteiger charge is 2.36.